The maximum atomic E-state index is 12.7. The van der Waals surface area contributed by atoms with E-state index in [4.69, 9.17) is 4.43 Å². The fraction of sp³-hybridized carbons (Fsp3) is 0.474. The number of nitrogens with zero attached hydrogens (tertiary/aromatic N) is 1. The van der Waals surface area contributed by atoms with Crippen molar-refractivity contribution in [3.63, 3.8) is 0 Å². The summed E-state index contributed by atoms with van der Waals surface area (Å²) in [6, 6.07) is 5.39. The Bertz CT molecular complexity index is 808. The first kappa shape index (κ1) is 19.4. The van der Waals surface area contributed by atoms with E-state index in [1.54, 1.807) is 24.3 Å². The molecule has 1 saturated heterocycles. The minimum Gasteiger partial charge on any atom is -0.405 e. The van der Waals surface area contributed by atoms with Crippen molar-refractivity contribution in [2.75, 3.05) is 0 Å². The molecule has 3 rings (SSSR count). The van der Waals surface area contributed by atoms with Crippen molar-refractivity contribution in [2.45, 2.75) is 57.5 Å². The van der Waals surface area contributed by atoms with Crippen molar-refractivity contribution in [3.05, 3.63) is 35.4 Å². The molecule has 1 fully saturated rings. The molecular weight excluding hydrogens is 364 g/mol. The highest BCUT2D eigenvalue weighted by atomic mass is 28.4. The number of benzene rings is 1. The number of rotatable bonds is 3. The Hall–Kier alpha value is -2.32. The van der Waals surface area contributed by atoms with Crippen LogP contribution in [-0.4, -0.2) is 49.0 Å². The molecule has 0 unspecified atom stereocenters. The van der Waals surface area contributed by atoms with Gasteiger partial charge in [0.25, 0.3) is 17.7 Å². The first-order valence-electron chi connectivity index (χ1n) is 8.93. The number of piperidine rings is 1. The zero-order valence-electron chi connectivity index (χ0n) is 16.2. The molecule has 0 aliphatic carbocycles. The molecule has 0 saturated carbocycles. The second-order valence-electron chi connectivity index (χ2n) is 8.50. The smallest absolute Gasteiger partial charge is 0.262 e. The van der Waals surface area contributed by atoms with E-state index in [1.807, 2.05) is 33.9 Å². The highest BCUT2D eigenvalue weighted by Gasteiger charge is 2.49. The molecule has 7 nitrogen and oxygen atoms in total. The van der Waals surface area contributed by atoms with E-state index in [2.05, 4.69) is 5.32 Å². The standard InChI is InChI=1S/C19H24N2O5Si/c1-19(2,3)27(4,5)26-14-10-13(15(22)20-16(14)23)21-17(24)11-8-6-7-9-12(11)18(21)25/h6-9,13-14H,10H2,1-5H3,(H,20,22,23)/t13-,14+/m0/s1. The van der Waals surface area contributed by atoms with Crippen LogP contribution in [0.3, 0.4) is 0 Å². The molecule has 1 N–H and O–H groups in total. The van der Waals surface area contributed by atoms with Gasteiger partial charge >= 0.3 is 0 Å². The number of fused-ring (bicyclic) bond motifs is 1. The quantitative estimate of drug-likeness (QED) is 0.632. The zero-order valence-corrected chi connectivity index (χ0v) is 17.2. The van der Waals surface area contributed by atoms with Gasteiger partial charge in [-0.05, 0) is 30.3 Å². The molecule has 8 heteroatoms. The van der Waals surface area contributed by atoms with Crippen molar-refractivity contribution in [1.82, 2.24) is 10.2 Å². The lowest BCUT2D eigenvalue weighted by Crippen LogP contribution is -2.61. The molecule has 1 aromatic carbocycles. The van der Waals surface area contributed by atoms with E-state index in [9.17, 15) is 19.2 Å². The molecular formula is C19H24N2O5Si. The average molecular weight is 388 g/mol. The van der Waals surface area contributed by atoms with Gasteiger partial charge in [0.2, 0.25) is 5.91 Å². The van der Waals surface area contributed by atoms with E-state index in [0.29, 0.717) is 0 Å². The van der Waals surface area contributed by atoms with Gasteiger partial charge in [0.15, 0.2) is 8.32 Å². The van der Waals surface area contributed by atoms with Crippen molar-refractivity contribution < 1.29 is 23.6 Å². The molecule has 4 amide bonds. The second kappa shape index (κ2) is 6.38. The van der Waals surface area contributed by atoms with Gasteiger partial charge < -0.3 is 4.43 Å². The van der Waals surface area contributed by atoms with Gasteiger partial charge in [-0.1, -0.05) is 32.9 Å². The van der Waals surface area contributed by atoms with Crippen LogP contribution in [0, 0.1) is 0 Å². The van der Waals surface area contributed by atoms with Gasteiger partial charge in [-0.2, -0.15) is 0 Å². The molecule has 2 aliphatic rings. The Labute approximate surface area is 159 Å². The van der Waals surface area contributed by atoms with Gasteiger partial charge in [-0.15, -0.1) is 0 Å². The van der Waals surface area contributed by atoms with Crippen LogP contribution in [0.5, 0.6) is 0 Å². The number of hydrogen-bond acceptors (Lipinski definition) is 5. The number of imide groups is 2. The predicted octanol–water partition coefficient (Wildman–Crippen LogP) is 2.09. The van der Waals surface area contributed by atoms with E-state index in [0.717, 1.165) is 4.90 Å². The summed E-state index contributed by atoms with van der Waals surface area (Å²) in [5.41, 5.74) is 0.545. The Balaban J connectivity index is 1.87. The molecule has 0 spiro atoms. The van der Waals surface area contributed by atoms with Crippen molar-refractivity contribution >= 4 is 31.9 Å². The molecule has 27 heavy (non-hydrogen) atoms. The summed E-state index contributed by atoms with van der Waals surface area (Å²) in [5, 5.41) is 2.15. The van der Waals surface area contributed by atoms with Crippen LogP contribution in [0.2, 0.25) is 18.1 Å². The van der Waals surface area contributed by atoms with Crippen molar-refractivity contribution in [2.24, 2.45) is 0 Å². The number of carbonyl (C=O) groups is 4. The van der Waals surface area contributed by atoms with Gasteiger partial charge in [0.05, 0.1) is 11.1 Å². The lowest BCUT2D eigenvalue weighted by Gasteiger charge is -2.41. The monoisotopic (exact) mass is 388 g/mol. The lowest BCUT2D eigenvalue weighted by atomic mass is 10.0. The largest absolute Gasteiger partial charge is 0.405 e. The number of nitrogens with one attached hydrogen (secondary N) is 1. The zero-order chi connectivity index (χ0) is 20.1. The van der Waals surface area contributed by atoms with E-state index in [1.165, 1.54) is 0 Å². The van der Waals surface area contributed by atoms with Crippen LogP contribution in [0.1, 0.15) is 47.9 Å². The molecule has 2 aliphatic heterocycles. The molecule has 0 radical (unpaired) electrons. The van der Waals surface area contributed by atoms with E-state index in [-0.39, 0.29) is 22.6 Å². The SMILES string of the molecule is CC(C)(C)[Si](C)(C)O[C@@H]1C[C@H](N2C(=O)c3ccccc3C2=O)C(=O)NC1=O. The van der Waals surface area contributed by atoms with Crippen LogP contribution < -0.4 is 5.32 Å². The molecule has 0 bridgehead atoms. The van der Waals surface area contributed by atoms with Gasteiger partial charge in [0, 0.05) is 6.42 Å². The fourth-order valence-electron chi connectivity index (χ4n) is 3.05. The Morgan fingerprint density at radius 3 is 2.00 bits per heavy atom. The van der Waals surface area contributed by atoms with Crippen LogP contribution in [-0.2, 0) is 14.0 Å². The fourth-order valence-corrected chi connectivity index (χ4v) is 4.32. The van der Waals surface area contributed by atoms with E-state index >= 15 is 0 Å². The molecule has 1 aromatic rings. The number of carbonyl (C=O) groups excluding carboxylic acids is 4. The maximum Gasteiger partial charge on any atom is 0.262 e. The normalized spacial score (nSPS) is 23.5. The molecule has 2 atom stereocenters. The van der Waals surface area contributed by atoms with Crippen molar-refractivity contribution in [1.29, 1.82) is 0 Å². The first-order valence-corrected chi connectivity index (χ1v) is 11.8. The van der Waals surface area contributed by atoms with Crippen LogP contribution in [0.4, 0.5) is 0 Å². The highest BCUT2D eigenvalue weighted by molar-refractivity contribution is 6.74. The van der Waals surface area contributed by atoms with Gasteiger partial charge in [-0.25, -0.2) is 0 Å². The third-order valence-electron chi connectivity index (χ3n) is 5.66. The predicted molar refractivity (Wildman–Crippen MR) is 101 cm³/mol. The summed E-state index contributed by atoms with van der Waals surface area (Å²) in [4.78, 5) is 51.1. The molecule has 2 heterocycles. The van der Waals surface area contributed by atoms with E-state index < -0.39 is 44.1 Å². The van der Waals surface area contributed by atoms with Crippen LogP contribution in [0.15, 0.2) is 24.3 Å². The number of amides is 4. The summed E-state index contributed by atoms with van der Waals surface area (Å²) < 4.78 is 6.17. The Morgan fingerprint density at radius 1 is 1.00 bits per heavy atom. The summed E-state index contributed by atoms with van der Waals surface area (Å²) >= 11 is 0. The highest BCUT2D eigenvalue weighted by Crippen LogP contribution is 2.38. The third kappa shape index (κ3) is 3.23. The number of hydrogen-bond donors (Lipinski definition) is 1. The summed E-state index contributed by atoms with van der Waals surface area (Å²) in [6.07, 6.45) is -0.902. The minimum absolute atomic E-state index is 0.0252. The topological polar surface area (TPSA) is 92.8 Å². The third-order valence-corrected chi connectivity index (χ3v) is 10.1. The van der Waals surface area contributed by atoms with Crippen LogP contribution >= 0.6 is 0 Å². The van der Waals surface area contributed by atoms with Gasteiger partial charge in [-0.3, -0.25) is 29.4 Å². The molecule has 0 aromatic heterocycles. The maximum absolute atomic E-state index is 12.7. The Morgan fingerprint density at radius 2 is 1.52 bits per heavy atom. The van der Waals surface area contributed by atoms with Gasteiger partial charge in [0.1, 0.15) is 12.1 Å². The van der Waals surface area contributed by atoms with Crippen molar-refractivity contribution in [3.8, 4) is 0 Å². The minimum atomic E-state index is -2.28. The summed E-state index contributed by atoms with van der Waals surface area (Å²) in [6.45, 7) is 10.2. The lowest BCUT2D eigenvalue weighted by molar-refractivity contribution is -0.142. The summed E-state index contributed by atoms with van der Waals surface area (Å²) in [7, 11) is -2.28. The second-order valence-corrected chi connectivity index (χ2v) is 13.3. The van der Waals surface area contributed by atoms with Crippen LogP contribution in [0.25, 0.3) is 0 Å². The molecule has 144 valence electrons. The summed E-state index contributed by atoms with van der Waals surface area (Å²) in [5.74, 6) is -2.20. The Kier molecular flexibility index (Phi) is 4.60. The average Bonchev–Trinajstić information content (AvgIpc) is 2.81. The first-order chi connectivity index (χ1) is 12.4.